The number of nitrogens with zero attached hydrogens (tertiary/aromatic N) is 3. The van der Waals surface area contributed by atoms with E-state index in [-0.39, 0.29) is 30.4 Å². The van der Waals surface area contributed by atoms with Crippen molar-refractivity contribution in [2.24, 2.45) is 5.92 Å². The lowest BCUT2D eigenvalue weighted by Gasteiger charge is -2.38. The molecule has 6 rings (SSSR count). The first kappa shape index (κ1) is 33.9. The molecule has 49 heavy (non-hydrogen) atoms. The van der Waals surface area contributed by atoms with E-state index >= 15 is 0 Å². The van der Waals surface area contributed by atoms with E-state index in [0.717, 1.165) is 27.6 Å². The lowest BCUT2D eigenvalue weighted by atomic mass is 9.98. The van der Waals surface area contributed by atoms with Gasteiger partial charge in [-0.15, -0.1) is 11.3 Å². The topological polar surface area (TPSA) is 104 Å². The number of carbonyl (C=O) groups excluding carboxylic acids is 2. The molecule has 0 aliphatic carbocycles. The van der Waals surface area contributed by atoms with Crippen LogP contribution in [0.25, 0.3) is 10.6 Å². The van der Waals surface area contributed by atoms with Crippen LogP contribution in [0.15, 0.2) is 109 Å². The number of likely N-dealkylation sites (N-methyl/N-ethyl adjacent to an activating group) is 1. The number of aromatic nitrogens is 1. The molecule has 0 bridgehead atoms. The fourth-order valence-corrected chi connectivity index (χ4v) is 6.50. The molecular formula is C39H40N4O5S. The Labute approximate surface area is 290 Å². The molecule has 0 saturated carbocycles. The van der Waals surface area contributed by atoms with Gasteiger partial charge in [-0.1, -0.05) is 55.5 Å². The number of anilines is 1. The molecule has 10 heteroatoms. The Hall–Kier alpha value is -5.03. The summed E-state index contributed by atoms with van der Waals surface area (Å²) in [5, 5.41) is 15.8. The minimum absolute atomic E-state index is 0.0858. The number of thiazole rings is 1. The van der Waals surface area contributed by atoms with Gasteiger partial charge < -0.3 is 24.8 Å². The van der Waals surface area contributed by atoms with E-state index < -0.39 is 6.04 Å². The lowest BCUT2D eigenvalue weighted by Crippen LogP contribution is -2.49. The van der Waals surface area contributed by atoms with Crippen molar-refractivity contribution in [3.8, 4) is 27.8 Å². The molecule has 9 nitrogen and oxygen atoms in total. The number of aliphatic hydroxyl groups excluding tert-OH is 1. The number of amides is 2. The van der Waals surface area contributed by atoms with E-state index in [2.05, 4.69) is 22.1 Å². The number of aliphatic hydroxyl groups is 1. The summed E-state index contributed by atoms with van der Waals surface area (Å²) in [5.74, 6) is 1.21. The number of nitrogens with one attached hydrogen (secondary N) is 1. The summed E-state index contributed by atoms with van der Waals surface area (Å²) in [6.45, 7) is 5.34. The molecule has 4 aromatic carbocycles. The maximum absolute atomic E-state index is 13.9. The first-order valence-electron chi connectivity index (χ1n) is 16.3. The van der Waals surface area contributed by atoms with Crippen LogP contribution in [0, 0.1) is 5.92 Å². The van der Waals surface area contributed by atoms with Gasteiger partial charge in [0.2, 0.25) is 0 Å². The third-order valence-electron chi connectivity index (χ3n) is 8.61. The highest BCUT2D eigenvalue weighted by atomic mass is 32.1. The smallest absolute Gasteiger partial charge is 0.258 e. The van der Waals surface area contributed by atoms with Crippen LogP contribution in [0.5, 0.6) is 17.2 Å². The first-order chi connectivity index (χ1) is 23.8. The fourth-order valence-electron chi connectivity index (χ4n) is 5.86. The van der Waals surface area contributed by atoms with Crippen molar-refractivity contribution in [2.45, 2.75) is 32.5 Å². The quantitative estimate of drug-likeness (QED) is 0.152. The zero-order valence-electron chi connectivity index (χ0n) is 27.8. The summed E-state index contributed by atoms with van der Waals surface area (Å²) >= 11 is 1.53. The van der Waals surface area contributed by atoms with Crippen molar-refractivity contribution >= 4 is 28.8 Å². The third kappa shape index (κ3) is 8.17. The van der Waals surface area contributed by atoms with Gasteiger partial charge in [-0.05, 0) is 68.1 Å². The summed E-state index contributed by atoms with van der Waals surface area (Å²) in [4.78, 5) is 35.6. The summed E-state index contributed by atoms with van der Waals surface area (Å²) < 4.78 is 12.7. The van der Waals surface area contributed by atoms with Gasteiger partial charge in [0, 0.05) is 48.3 Å². The second kappa shape index (κ2) is 15.5. The Morgan fingerprint density at radius 3 is 2.47 bits per heavy atom. The van der Waals surface area contributed by atoms with Crippen molar-refractivity contribution in [3.63, 3.8) is 0 Å². The van der Waals surface area contributed by atoms with Crippen LogP contribution in [0.2, 0.25) is 0 Å². The van der Waals surface area contributed by atoms with Gasteiger partial charge in [-0.3, -0.25) is 14.5 Å². The molecule has 1 aromatic heterocycles. The number of benzene rings is 4. The number of hydrogen-bond acceptors (Lipinski definition) is 8. The zero-order chi connectivity index (χ0) is 34.3. The van der Waals surface area contributed by atoms with Gasteiger partial charge in [-0.25, -0.2) is 4.98 Å². The number of para-hydroxylation sites is 2. The highest BCUT2D eigenvalue weighted by molar-refractivity contribution is 7.13. The third-order valence-corrected chi connectivity index (χ3v) is 9.43. The van der Waals surface area contributed by atoms with Crippen LogP contribution in [-0.4, -0.2) is 70.6 Å². The normalized spacial score (nSPS) is 16.7. The van der Waals surface area contributed by atoms with Gasteiger partial charge in [0.25, 0.3) is 11.8 Å². The maximum atomic E-state index is 13.9. The Bertz CT molecular complexity index is 1850. The van der Waals surface area contributed by atoms with Crippen LogP contribution < -0.4 is 14.8 Å². The first-order valence-corrected chi connectivity index (χ1v) is 17.2. The minimum atomic E-state index is -0.398. The number of ether oxygens (including phenoxy) is 2. The molecule has 0 saturated heterocycles. The number of rotatable bonds is 11. The van der Waals surface area contributed by atoms with E-state index in [0.29, 0.717) is 42.2 Å². The highest BCUT2D eigenvalue weighted by Crippen LogP contribution is 2.35. The molecule has 3 atom stereocenters. The van der Waals surface area contributed by atoms with Gasteiger partial charge in [0.05, 0.1) is 23.9 Å². The predicted octanol–water partition coefficient (Wildman–Crippen LogP) is 7.21. The predicted molar refractivity (Wildman–Crippen MR) is 192 cm³/mol. The van der Waals surface area contributed by atoms with E-state index in [4.69, 9.17) is 9.47 Å². The summed E-state index contributed by atoms with van der Waals surface area (Å²) in [5.41, 5.74) is 3.26. The molecule has 1 aliphatic rings. The second-order valence-electron chi connectivity index (χ2n) is 12.4. The van der Waals surface area contributed by atoms with Crippen molar-refractivity contribution in [1.29, 1.82) is 0 Å². The van der Waals surface area contributed by atoms with E-state index in [1.165, 1.54) is 11.3 Å². The Morgan fingerprint density at radius 1 is 1.04 bits per heavy atom. The Kier molecular flexibility index (Phi) is 10.7. The van der Waals surface area contributed by atoms with E-state index in [1.54, 1.807) is 41.4 Å². The molecule has 2 N–H and O–H groups in total. The van der Waals surface area contributed by atoms with Crippen LogP contribution in [0.3, 0.4) is 0 Å². The number of fused-ring (bicyclic) bond motifs is 1. The van der Waals surface area contributed by atoms with Crippen molar-refractivity contribution < 1.29 is 24.2 Å². The number of carbonyl (C=O) groups is 2. The van der Waals surface area contributed by atoms with Gasteiger partial charge in [0.1, 0.15) is 22.6 Å². The highest BCUT2D eigenvalue weighted by Gasteiger charge is 2.34. The fraction of sp³-hybridized carbons (Fsp3) is 0.256. The zero-order valence-corrected chi connectivity index (χ0v) is 28.6. The summed E-state index contributed by atoms with van der Waals surface area (Å²) in [6.07, 6.45) is 1.42. The number of hydrogen-bond donors (Lipinski definition) is 2. The Morgan fingerprint density at radius 2 is 1.78 bits per heavy atom. The average molecular weight is 677 g/mol. The van der Waals surface area contributed by atoms with Crippen LogP contribution >= 0.6 is 11.3 Å². The summed E-state index contributed by atoms with van der Waals surface area (Å²) in [7, 11) is 2.03. The molecule has 0 radical (unpaired) electrons. The molecule has 0 spiro atoms. The summed E-state index contributed by atoms with van der Waals surface area (Å²) in [6, 6.07) is 29.8. The van der Waals surface area contributed by atoms with Crippen molar-refractivity contribution in [2.75, 3.05) is 32.1 Å². The monoisotopic (exact) mass is 676 g/mol. The van der Waals surface area contributed by atoms with Gasteiger partial charge in [0.15, 0.2) is 5.75 Å². The van der Waals surface area contributed by atoms with Crippen molar-refractivity contribution in [3.05, 3.63) is 125 Å². The Balaban J connectivity index is 1.21. The molecule has 5 aromatic rings. The van der Waals surface area contributed by atoms with Crippen molar-refractivity contribution in [1.82, 2.24) is 14.8 Å². The van der Waals surface area contributed by atoms with Gasteiger partial charge >= 0.3 is 0 Å². The SMILES string of the molecule is C[C@@H]1CN([C@H](C)CO)C(=O)c2cccc(NC(=O)c3ccc(-c4nccs4)cc3)c2O[C@@H]1CN(C)Cc1ccc(Oc2ccccc2)cc1. The van der Waals surface area contributed by atoms with Crippen LogP contribution in [0.4, 0.5) is 5.69 Å². The lowest BCUT2D eigenvalue weighted by molar-refractivity contribution is 0.0343. The van der Waals surface area contributed by atoms with E-state index in [1.807, 2.05) is 86.1 Å². The molecule has 0 fully saturated rings. The molecule has 0 unspecified atom stereocenters. The standard InChI is InChI=1S/C39H40N4O5S/c1-26-22-43(27(2)25-44)39(46)33-10-7-11-34(41-37(45)29-14-16-30(17-15-29)38-40-20-21-49-38)36(33)48-35(26)24-42(3)23-28-12-18-32(19-13-28)47-31-8-5-4-6-9-31/h4-21,26-27,35,44H,22-25H2,1-3H3,(H,41,45)/t26-,27-,35-/m1/s1. The van der Waals surface area contributed by atoms with Crippen LogP contribution in [0.1, 0.15) is 40.1 Å². The van der Waals surface area contributed by atoms with E-state index in [9.17, 15) is 14.7 Å². The maximum Gasteiger partial charge on any atom is 0.258 e. The average Bonchev–Trinajstić information content (AvgIpc) is 3.66. The molecular weight excluding hydrogens is 637 g/mol. The largest absolute Gasteiger partial charge is 0.486 e. The molecule has 1 aliphatic heterocycles. The minimum Gasteiger partial charge on any atom is -0.486 e. The van der Waals surface area contributed by atoms with Gasteiger partial charge in [-0.2, -0.15) is 0 Å². The second-order valence-corrected chi connectivity index (χ2v) is 13.3. The molecule has 252 valence electrons. The molecule has 2 amide bonds. The van der Waals surface area contributed by atoms with Crippen LogP contribution in [-0.2, 0) is 6.54 Å². The molecule has 2 heterocycles.